The quantitative estimate of drug-likeness (QED) is 0.848. The van der Waals surface area contributed by atoms with Crippen molar-refractivity contribution >= 4 is 10.0 Å². The summed E-state index contributed by atoms with van der Waals surface area (Å²) in [7, 11) is -3.21. The summed E-state index contributed by atoms with van der Waals surface area (Å²) in [5.74, 6) is 0.107. The standard InChI is InChI=1S/C19H23N3O3S/c1-26(24,25)21-13-19(14-21)18(15-7-3-2-4-8-15)17(12-23)22(19)11-16-9-5-6-10-20-16/h2-10,17-18,23H,11-14H2,1H3/t17-,18+/m1/s1. The van der Waals surface area contributed by atoms with Crippen LogP contribution in [-0.2, 0) is 16.6 Å². The Hall–Kier alpha value is -1.80. The van der Waals surface area contributed by atoms with Gasteiger partial charge in [-0.25, -0.2) is 8.42 Å². The van der Waals surface area contributed by atoms with Crippen molar-refractivity contribution in [3.05, 3.63) is 66.0 Å². The highest BCUT2D eigenvalue weighted by Gasteiger charge is 2.66. The van der Waals surface area contributed by atoms with E-state index in [0.717, 1.165) is 11.3 Å². The summed E-state index contributed by atoms with van der Waals surface area (Å²) >= 11 is 0. The van der Waals surface area contributed by atoms with Crippen LogP contribution in [0.25, 0.3) is 0 Å². The van der Waals surface area contributed by atoms with E-state index in [1.165, 1.54) is 10.6 Å². The maximum atomic E-state index is 11.9. The number of nitrogens with zero attached hydrogens (tertiary/aromatic N) is 3. The van der Waals surface area contributed by atoms with Crippen LogP contribution in [0, 0.1) is 0 Å². The third kappa shape index (κ3) is 2.75. The second-order valence-corrected chi connectivity index (χ2v) is 9.20. The van der Waals surface area contributed by atoms with Gasteiger partial charge in [0.2, 0.25) is 10.0 Å². The molecule has 0 saturated carbocycles. The van der Waals surface area contributed by atoms with Crippen molar-refractivity contribution in [1.29, 1.82) is 0 Å². The third-order valence-electron chi connectivity index (χ3n) is 5.71. The second-order valence-electron chi connectivity index (χ2n) is 7.22. The Kier molecular flexibility index (Phi) is 4.35. The molecule has 1 spiro atoms. The molecule has 2 atom stereocenters. The smallest absolute Gasteiger partial charge is 0.211 e. The van der Waals surface area contributed by atoms with Crippen LogP contribution in [0.2, 0.25) is 0 Å². The first-order chi connectivity index (χ1) is 12.5. The normalized spacial score (nSPS) is 25.6. The first-order valence-electron chi connectivity index (χ1n) is 8.73. The number of aliphatic hydroxyl groups excluding tert-OH is 1. The van der Waals surface area contributed by atoms with Crippen molar-refractivity contribution in [2.24, 2.45) is 0 Å². The molecule has 2 fully saturated rings. The number of aliphatic hydroxyl groups is 1. The van der Waals surface area contributed by atoms with Gasteiger partial charge >= 0.3 is 0 Å². The van der Waals surface area contributed by atoms with E-state index in [2.05, 4.69) is 22.0 Å². The summed E-state index contributed by atoms with van der Waals surface area (Å²) < 4.78 is 25.4. The van der Waals surface area contributed by atoms with Crippen molar-refractivity contribution in [3.63, 3.8) is 0 Å². The number of pyridine rings is 1. The van der Waals surface area contributed by atoms with E-state index in [-0.39, 0.29) is 24.1 Å². The van der Waals surface area contributed by atoms with Gasteiger partial charge in [-0.15, -0.1) is 0 Å². The first kappa shape index (κ1) is 17.6. The van der Waals surface area contributed by atoms with Crippen LogP contribution >= 0.6 is 0 Å². The number of hydrogen-bond donors (Lipinski definition) is 1. The van der Waals surface area contributed by atoms with Crippen molar-refractivity contribution < 1.29 is 13.5 Å². The van der Waals surface area contributed by atoms with Gasteiger partial charge in [-0.05, 0) is 17.7 Å². The molecular formula is C19H23N3O3S. The maximum absolute atomic E-state index is 11.9. The molecule has 0 bridgehead atoms. The summed E-state index contributed by atoms with van der Waals surface area (Å²) in [4.78, 5) is 6.63. The molecular weight excluding hydrogens is 350 g/mol. The van der Waals surface area contributed by atoms with Crippen LogP contribution in [-0.4, -0.2) is 65.2 Å². The van der Waals surface area contributed by atoms with E-state index in [9.17, 15) is 13.5 Å². The zero-order chi connectivity index (χ0) is 18.4. The molecule has 138 valence electrons. The van der Waals surface area contributed by atoms with Gasteiger partial charge in [0, 0.05) is 37.8 Å². The highest BCUT2D eigenvalue weighted by atomic mass is 32.2. The largest absolute Gasteiger partial charge is 0.395 e. The van der Waals surface area contributed by atoms with Gasteiger partial charge in [-0.2, -0.15) is 4.31 Å². The molecule has 1 N–H and O–H groups in total. The molecule has 2 saturated heterocycles. The maximum Gasteiger partial charge on any atom is 0.211 e. The summed E-state index contributed by atoms with van der Waals surface area (Å²) in [5, 5.41) is 10.0. The first-order valence-corrected chi connectivity index (χ1v) is 10.6. The van der Waals surface area contributed by atoms with Gasteiger partial charge in [0.25, 0.3) is 0 Å². The molecule has 0 radical (unpaired) electrons. The molecule has 2 aromatic rings. The number of likely N-dealkylation sites (tertiary alicyclic amines) is 1. The summed E-state index contributed by atoms with van der Waals surface area (Å²) in [5.41, 5.74) is 1.79. The molecule has 2 aliphatic rings. The van der Waals surface area contributed by atoms with Crippen LogP contribution in [0.1, 0.15) is 17.2 Å². The second kappa shape index (κ2) is 6.42. The molecule has 7 heteroatoms. The van der Waals surface area contributed by atoms with Crippen LogP contribution in [0.15, 0.2) is 54.7 Å². The van der Waals surface area contributed by atoms with Crippen molar-refractivity contribution in [1.82, 2.24) is 14.2 Å². The Bertz CT molecular complexity index is 867. The lowest BCUT2D eigenvalue weighted by molar-refractivity contribution is -0.176. The Morgan fingerprint density at radius 2 is 1.85 bits per heavy atom. The van der Waals surface area contributed by atoms with Gasteiger partial charge in [0.05, 0.1) is 24.1 Å². The van der Waals surface area contributed by atoms with Gasteiger partial charge < -0.3 is 5.11 Å². The molecule has 2 aliphatic heterocycles. The number of sulfonamides is 1. The Balaban J connectivity index is 1.66. The molecule has 26 heavy (non-hydrogen) atoms. The predicted octanol–water partition coefficient (Wildman–Crippen LogP) is 1.06. The zero-order valence-corrected chi connectivity index (χ0v) is 15.5. The van der Waals surface area contributed by atoms with Crippen LogP contribution in [0.3, 0.4) is 0 Å². The molecule has 0 unspecified atom stereocenters. The fraction of sp³-hybridized carbons (Fsp3) is 0.421. The number of rotatable bonds is 5. The molecule has 0 aliphatic carbocycles. The minimum atomic E-state index is -3.21. The number of benzene rings is 1. The lowest BCUT2D eigenvalue weighted by atomic mass is 9.61. The molecule has 3 heterocycles. The van der Waals surface area contributed by atoms with E-state index in [1.54, 1.807) is 6.20 Å². The number of aromatic nitrogens is 1. The van der Waals surface area contributed by atoms with E-state index >= 15 is 0 Å². The topological polar surface area (TPSA) is 73.7 Å². The minimum absolute atomic E-state index is 0.0347. The van der Waals surface area contributed by atoms with Crippen LogP contribution in [0.5, 0.6) is 0 Å². The fourth-order valence-electron chi connectivity index (χ4n) is 4.48. The third-order valence-corrected chi connectivity index (χ3v) is 6.91. The minimum Gasteiger partial charge on any atom is -0.395 e. The van der Waals surface area contributed by atoms with Gasteiger partial charge in [-0.1, -0.05) is 36.4 Å². The lowest BCUT2D eigenvalue weighted by Gasteiger charge is -2.70. The van der Waals surface area contributed by atoms with Gasteiger partial charge in [-0.3, -0.25) is 9.88 Å². The summed E-state index contributed by atoms with van der Waals surface area (Å²) in [6.45, 7) is 1.55. The molecule has 4 rings (SSSR count). The Morgan fingerprint density at radius 1 is 1.15 bits per heavy atom. The van der Waals surface area contributed by atoms with Crippen molar-refractivity contribution in [3.8, 4) is 0 Å². The van der Waals surface area contributed by atoms with Gasteiger partial charge in [0.1, 0.15) is 0 Å². The highest BCUT2D eigenvalue weighted by molar-refractivity contribution is 7.88. The Morgan fingerprint density at radius 3 is 2.42 bits per heavy atom. The molecule has 1 aromatic heterocycles. The Labute approximate surface area is 154 Å². The highest BCUT2D eigenvalue weighted by Crippen LogP contribution is 2.54. The van der Waals surface area contributed by atoms with Gasteiger partial charge in [0.15, 0.2) is 0 Å². The number of hydrogen-bond acceptors (Lipinski definition) is 5. The van der Waals surface area contributed by atoms with E-state index in [4.69, 9.17) is 0 Å². The van der Waals surface area contributed by atoms with Crippen LogP contribution < -0.4 is 0 Å². The molecule has 0 amide bonds. The summed E-state index contributed by atoms with van der Waals surface area (Å²) in [6, 6.07) is 15.8. The van der Waals surface area contributed by atoms with E-state index in [1.807, 2.05) is 36.4 Å². The zero-order valence-electron chi connectivity index (χ0n) is 14.7. The fourth-order valence-corrected chi connectivity index (χ4v) is 5.40. The average molecular weight is 373 g/mol. The molecule has 1 aromatic carbocycles. The lowest BCUT2D eigenvalue weighted by Crippen LogP contribution is -2.84. The summed E-state index contributed by atoms with van der Waals surface area (Å²) in [6.07, 6.45) is 3.01. The van der Waals surface area contributed by atoms with Crippen molar-refractivity contribution in [2.45, 2.75) is 24.0 Å². The monoisotopic (exact) mass is 373 g/mol. The van der Waals surface area contributed by atoms with E-state index < -0.39 is 10.0 Å². The molecule has 6 nitrogen and oxygen atoms in total. The predicted molar refractivity (Wildman–Crippen MR) is 99.0 cm³/mol. The van der Waals surface area contributed by atoms with Crippen LogP contribution in [0.4, 0.5) is 0 Å². The van der Waals surface area contributed by atoms with Crippen molar-refractivity contribution in [2.75, 3.05) is 26.0 Å². The van der Waals surface area contributed by atoms with E-state index in [0.29, 0.717) is 19.6 Å². The average Bonchev–Trinajstić information content (AvgIpc) is 2.58. The SMILES string of the molecule is CS(=O)(=O)N1CC2(C1)[C@@H](c1ccccc1)[C@@H](CO)N2Cc1ccccn1.